The van der Waals surface area contributed by atoms with Crippen LogP contribution >= 0.6 is 11.6 Å². The standard InChI is InChI=1S/C14H18ClN3O3/c15-10-2-3-11(14(16)21)12(8-10)18-5-1-4-17(6-7-18)9-13(19)20/h2-3,8H,1,4-7,9H2,(H2,16,21)(H,19,20). The molecule has 0 radical (unpaired) electrons. The van der Waals surface area contributed by atoms with E-state index in [4.69, 9.17) is 22.4 Å². The summed E-state index contributed by atoms with van der Waals surface area (Å²) in [4.78, 5) is 26.2. The van der Waals surface area contributed by atoms with Crippen molar-refractivity contribution in [3.63, 3.8) is 0 Å². The summed E-state index contributed by atoms with van der Waals surface area (Å²) in [6.45, 7) is 2.74. The maximum absolute atomic E-state index is 11.5. The van der Waals surface area contributed by atoms with Gasteiger partial charge in [0.15, 0.2) is 0 Å². The molecule has 114 valence electrons. The van der Waals surface area contributed by atoms with Crippen molar-refractivity contribution in [1.29, 1.82) is 0 Å². The lowest BCUT2D eigenvalue weighted by molar-refractivity contribution is -0.138. The van der Waals surface area contributed by atoms with Crippen LogP contribution in [-0.2, 0) is 4.79 Å². The number of hydrogen-bond donors (Lipinski definition) is 2. The molecule has 0 atom stereocenters. The van der Waals surface area contributed by atoms with Crippen molar-refractivity contribution in [2.75, 3.05) is 37.6 Å². The molecule has 2 rings (SSSR count). The number of halogens is 1. The van der Waals surface area contributed by atoms with Crippen LogP contribution in [0.3, 0.4) is 0 Å². The Morgan fingerprint density at radius 2 is 2.00 bits per heavy atom. The minimum Gasteiger partial charge on any atom is -0.480 e. The Labute approximate surface area is 128 Å². The van der Waals surface area contributed by atoms with E-state index in [1.54, 1.807) is 18.2 Å². The molecule has 6 nitrogen and oxygen atoms in total. The van der Waals surface area contributed by atoms with Crippen LogP contribution in [-0.4, -0.2) is 54.6 Å². The topological polar surface area (TPSA) is 86.9 Å². The molecule has 0 saturated carbocycles. The number of hydrogen-bond acceptors (Lipinski definition) is 4. The quantitative estimate of drug-likeness (QED) is 0.867. The molecule has 1 aliphatic rings. The number of carboxylic acid groups (broad SMARTS) is 1. The van der Waals surface area contributed by atoms with Crippen LogP contribution in [0.25, 0.3) is 0 Å². The number of aliphatic carboxylic acids is 1. The summed E-state index contributed by atoms with van der Waals surface area (Å²) in [7, 11) is 0. The Kier molecular flexibility index (Phi) is 5.03. The predicted octanol–water partition coefficient (Wildman–Crippen LogP) is 1.04. The molecule has 3 N–H and O–H groups in total. The molecular weight excluding hydrogens is 294 g/mol. The lowest BCUT2D eigenvalue weighted by atomic mass is 10.1. The van der Waals surface area contributed by atoms with Gasteiger partial charge in [-0.25, -0.2) is 0 Å². The Morgan fingerprint density at radius 3 is 2.67 bits per heavy atom. The number of carbonyl (C=O) groups is 2. The summed E-state index contributed by atoms with van der Waals surface area (Å²) in [6, 6.07) is 4.99. The smallest absolute Gasteiger partial charge is 0.317 e. The zero-order chi connectivity index (χ0) is 15.4. The highest BCUT2D eigenvalue weighted by atomic mass is 35.5. The highest BCUT2D eigenvalue weighted by molar-refractivity contribution is 6.31. The number of nitrogens with zero attached hydrogens (tertiary/aromatic N) is 2. The molecule has 1 heterocycles. The molecule has 0 unspecified atom stereocenters. The number of carbonyl (C=O) groups excluding carboxylic acids is 1. The fourth-order valence-corrected chi connectivity index (χ4v) is 2.70. The van der Waals surface area contributed by atoms with Crippen molar-refractivity contribution in [1.82, 2.24) is 4.90 Å². The molecule has 21 heavy (non-hydrogen) atoms. The zero-order valence-electron chi connectivity index (χ0n) is 11.6. The monoisotopic (exact) mass is 311 g/mol. The van der Waals surface area contributed by atoms with Crippen molar-refractivity contribution in [2.45, 2.75) is 6.42 Å². The van der Waals surface area contributed by atoms with Crippen molar-refractivity contribution >= 4 is 29.2 Å². The molecule has 1 amide bonds. The van der Waals surface area contributed by atoms with Gasteiger partial charge in [0.1, 0.15) is 0 Å². The van der Waals surface area contributed by atoms with Gasteiger partial charge >= 0.3 is 5.97 Å². The number of primary amides is 1. The molecule has 7 heteroatoms. The van der Waals surface area contributed by atoms with Gasteiger partial charge in [0.2, 0.25) is 0 Å². The van der Waals surface area contributed by atoms with Crippen LogP contribution in [0, 0.1) is 0 Å². The first-order valence-electron chi connectivity index (χ1n) is 6.76. The summed E-state index contributed by atoms with van der Waals surface area (Å²) >= 11 is 6.01. The van der Waals surface area contributed by atoms with Crippen LogP contribution in [0.4, 0.5) is 5.69 Å². The van der Waals surface area contributed by atoms with Crippen molar-refractivity contribution in [2.24, 2.45) is 5.73 Å². The van der Waals surface area contributed by atoms with Crippen LogP contribution in [0.1, 0.15) is 16.8 Å². The van der Waals surface area contributed by atoms with Gasteiger partial charge in [-0.1, -0.05) is 11.6 Å². The fraction of sp³-hybridized carbons (Fsp3) is 0.429. The van der Waals surface area contributed by atoms with Crippen molar-refractivity contribution < 1.29 is 14.7 Å². The minimum atomic E-state index is -0.830. The summed E-state index contributed by atoms with van der Waals surface area (Å²) in [5.41, 5.74) is 6.56. The van der Waals surface area contributed by atoms with Gasteiger partial charge in [-0.2, -0.15) is 0 Å². The first kappa shape index (κ1) is 15.6. The lowest BCUT2D eigenvalue weighted by Gasteiger charge is -2.25. The highest BCUT2D eigenvalue weighted by Crippen LogP contribution is 2.25. The van der Waals surface area contributed by atoms with Gasteiger partial charge < -0.3 is 15.7 Å². The Hall–Kier alpha value is -1.79. The van der Waals surface area contributed by atoms with Gasteiger partial charge in [-0.05, 0) is 24.6 Å². The number of carboxylic acids is 1. The molecular formula is C14H18ClN3O3. The van der Waals surface area contributed by atoms with E-state index < -0.39 is 11.9 Å². The Balaban J connectivity index is 2.17. The molecule has 0 spiro atoms. The van der Waals surface area contributed by atoms with Gasteiger partial charge in [0.05, 0.1) is 17.8 Å². The predicted molar refractivity (Wildman–Crippen MR) is 80.9 cm³/mol. The summed E-state index contributed by atoms with van der Waals surface area (Å²) in [5.74, 6) is -1.32. The van der Waals surface area contributed by atoms with E-state index in [1.807, 2.05) is 9.80 Å². The van der Waals surface area contributed by atoms with Gasteiger partial charge in [0, 0.05) is 31.2 Å². The molecule has 1 aromatic rings. The molecule has 0 aromatic heterocycles. The van der Waals surface area contributed by atoms with Gasteiger partial charge in [-0.3, -0.25) is 14.5 Å². The van der Waals surface area contributed by atoms with E-state index in [9.17, 15) is 9.59 Å². The number of benzene rings is 1. The third-order valence-electron chi connectivity index (χ3n) is 3.51. The van der Waals surface area contributed by atoms with Gasteiger partial charge in [0.25, 0.3) is 5.91 Å². The second kappa shape index (κ2) is 6.78. The zero-order valence-corrected chi connectivity index (χ0v) is 12.3. The number of rotatable bonds is 4. The van der Waals surface area contributed by atoms with Crippen LogP contribution < -0.4 is 10.6 Å². The normalized spacial score (nSPS) is 16.5. The molecule has 0 bridgehead atoms. The van der Waals surface area contributed by atoms with Gasteiger partial charge in [-0.15, -0.1) is 0 Å². The molecule has 1 aromatic carbocycles. The van der Waals surface area contributed by atoms with Crippen molar-refractivity contribution in [3.05, 3.63) is 28.8 Å². The first-order chi connectivity index (χ1) is 9.97. The molecule has 1 aliphatic heterocycles. The second-order valence-corrected chi connectivity index (χ2v) is 5.47. The van der Waals surface area contributed by atoms with Crippen LogP contribution in [0.15, 0.2) is 18.2 Å². The minimum absolute atomic E-state index is 0.0338. The average Bonchev–Trinajstić information content (AvgIpc) is 2.63. The van der Waals surface area contributed by atoms with E-state index >= 15 is 0 Å². The summed E-state index contributed by atoms with van der Waals surface area (Å²) < 4.78 is 0. The average molecular weight is 312 g/mol. The first-order valence-corrected chi connectivity index (χ1v) is 7.13. The highest BCUT2D eigenvalue weighted by Gasteiger charge is 2.20. The van der Waals surface area contributed by atoms with E-state index in [0.717, 1.165) is 19.5 Å². The lowest BCUT2D eigenvalue weighted by Crippen LogP contribution is -2.34. The third kappa shape index (κ3) is 4.09. The number of anilines is 1. The Bertz CT molecular complexity index is 550. The van der Waals surface area contributed by atoms with E-state index in [-0.39, 0.29) is 6.54 Å². The SMILES string of the molecule is NC(=O)c1ccc(Cl)cc1N1CCCN(CC(=O)O)CC1. The fourth-order valence-electron chi connectivity index (χ4n) is 2.54. The summed E-state index contributed by atoms with van der Waals surface area (Å²) in [6.07, 6.45) is 0.817. The number of nitrogens with two attached hydrogens (primary N) is 1. The van der Waals surface area contributed by atoms with Crippen LogP contribution in [0.5, 0.6) is 0 Å². The largest absolute Gasteiger partial charge is 0.480 e. The maximum Gasteiger partial charge on any atom is 0.317 e. The summed E-state index contributed by atoms with van der Waals surface area (Å²) in [5, 5.41) is 9.40. The molecule has 1 saturated heterocycles. The van der Waals surface area contributed by atoms with Crippen molar-refractivity contribution in [3.8, 4) is 0 Å². The number of amides is 1. The van der Waals surface area contributed by atoms with E-state index in [1.165, 1.54) is 0 Å². The van der Waals surface area contributed by atoms with E-state index in [2.05, 4.69) is 0 Å². The van der Waals surface area contributed by atoms with E-state index in [0.29, 0.717) is 29.4 Å². The van der Waals surface area contributed by atoms with Crippen LogP contribution in [0.2, 0.25) is 5.02 Å². The molecule has 1 fully saturated rings. The third-order valence-corrected chi connectivity index (χ3v) is 3.75. The molecule has 0 aliphatic carbocycles. The maximum atomic E-state index is 11.5. The second-order valence-electron chi connectivity index (χ2n) is 5.04. The Morgan fingerprint density at radius 1 is 1.24 bits per heavy atom.